The summed E-state index contributed by atoms with van der Waals surface area (Å²) in [4.78, 5) is 16.8. The van der Waals surface area contributed by atoms with E-state index in [2.05, 4.69) is 9.22 Å². The van der Waals surface area contributed by atoms with Crippen molar-refractivity contribution < 1.29 is 27.9 Å². The van der Waals surface area contributed by atoms with E-state index >= 15 is 0 Å². The van der Waals surface area contributed by atoms with Gasteiger partial charge in [-0.05, 0) is 45.4 Å². The topological polar surface area (TPSA) is 54.0 Å². The van der Waals surface area contributed by atoms with Crippen molar-refractivity contribution in [2.75, 3.05) is 7.11 Å². The van der Waals surface area contributed by atoms with E-state index in [1.54, 1.807) is 26.0 Å². The van der Waals surface area contributed by atoms with Gasteiger partial charge in [0.15, 0.2) is 0 Å². The Morgan fingerprint density at radius 2 is 2.00 bits per heavy atom. The summed E-state index contributed by atoms with van der Waals surface area (Å²) in [6.45, 7) is 7.11. The molecule has 5 nitrogen and oxygen atoms in total. The van der Waals surface area contributed by atoms with Gasteiger partial charge < -0.3 is 9.47 Å². The summed E-state index contributed by atoms with van der Waals surface area (Å²) in [5, 5.41) is 0. The molecule has 23 heavy (non-hydrogen) atoms. The average Bonchev–Trinajstić information content (AvgIpc) is 2.66. The van der Waals surface area contributed by atoms with Crippen molar-refractivity contribution in [3.8, 4) is 0 Å². The third-order valence-electron chi connectivity index (χ3n) is 3.13. The summed E-state index contributed by atoms with van der Waals surface area (Å²) in [7, 11) is 1.34. The molecule has 0 aromatic heterocycles. The summed E-state index contributed by atoms with van der Waals surface area (Å²) in [6.07, 6.45) is -0.198. The maximum absolute atomic E-state index is 14.2. The second-order valence-corrected chi connectivity index (χ2v) is 6.48. The first-order chi connectivity index (χ1) is 10.8. The van der Waals surface area contributed by atoms with Crippen LogP contribution in [0.2, 0.25) is 0 Å². The lowest BCUT2D eigenvalue weighted by Crippen LogP contribution is -2.22. The zero-order chi connectivity index (χ0) is 17.2. The second-order valence-electron chi connectivity index (χ2n) is 5.73. The van der Waals surface area contributed by atoms with E-state index in [-0.39, 0.29) is 16.8 Å². The summed E-state index contributed by atoms with van der Waals surface area (Å²) in [5.41, 5.74) is 0.154. The van der Waals surface area contributed by atoms with Gasteiger partial charge in [0.1, 0.15) is 11.4 Å². The van der Waals surface area contributed by atoms with Crippen LogP contribution >= 0.6 is 12.0 Å². The molecule has 0 amide bonds. The number of carbonyl (C=O) groups excluding carboxylic acids is 1. The van der Waals surface area contributed by atoms with Crippen molar-refractivity contribution >= 4 is 23.6 Å². The molecule has 0 atom stereocenters. The molecule has 1 heterocycles. The third-order valence-corrected chi connectivity index (χ3v) is 3.84. The van der Waals surface area contributed by atoms with Crippen LogP contribution in [0, 0.1) is 5.82 Å². The Morgan fingerprint density at radius 3 is 2.57 bits per heavy atom. The maximum Gasteiger partial charge on any atom is 0.374 e. The van der Waals surface area contributed by atoms with Gasteiger partial charge in [-0.3, -0.25) is 0 Å². The lowest BCUT2D eigenvalue weighted by Gasteiger charge is -2.21. The molecule has 0 saturated carbocycles. The van der Waals surface area contributed by atoms with Crippen molar-refractivity contribution in [2.24, 2.45) is 0 Å². The van der Waals surface area contributed by atoms with E-state index in [0.29, 0.717) is 11.1 Å². The van der Waals surface area contributed by atoms with Crippen LogP contribution in [0.4, 0.5) is 4.39 Å². The van der Waals surface area contributed by atoms with Crippen LogP contribution in [0.5, 0.6) is 0 Å². The monoisotopic (exact) mass is 342 g/mol. The SMILES string of the molecule is COOSc1ccc(C2=C(OC(C)C)C(=O)OC2(C)C)cc1F. The maximum atomic E-state index is 14.2. The van der Waals surface area contributed by atoms with E-state index in [0.717, 1.165) is 12.0 Å². The van der Waals surface area contributed by atoms with Gasteiger partial charge in [-0.2, -0.15) is 4.33 Å². The van der Waals surface area contributed by atoms with Gasteiger partial charge in [0, 0.05) is 0 Å². The van der Waals surface area contributed by atoms with Crippen LogP contribution in [0.15, 0.2) is 28.9 Å². The van der Waals surface area contributed by atoms with E-state index in [1.807, 2.05) is 13.8 Å². The van der Waals surface area contributed by atoms with Gasteiger partial charge in [-0.25, -0.2) is 14.1 Å². The van der Waals surface area contributed by atoms with Crippen LogP contribution in [0.1, 0.15) is 33.3 Å². The highest BCUT2D eigenvalue weighted by atomic mass is 32.2. The highest BCUT2D eigenvalue weighted by molar-refractivity contribution is 7.94. The molecule has 0 spiro atoms. The van der Waals surface area contributed by atoms with Crippen LogP contribution in [-0.4, -0.2) is 24.8 Å². The molecule has 0 saturated heterocycles. The van der Waals surface area contributed by atoms with E-state index in [1.165, 1.54) is 13.2 Å². The molecule has 0 fully saturated rings. The molecule has 1 aliphatic rings. The van der Waals surface area contributed by atoms with Crippen molar-refractivity contribution in [1.29, 1.82) is 0 Å². The Bertz CT molecular complexity index is 639. The number of hydrogen-bond acceptors (Lipinski definition) is 6. The fourth-order valence-corrected chi connectivity index (χ4v) is 2.72. The zero-order valence-corrected chi connectivity index (χ0v) is 14.5. The smallest absolute Gasteiger partial charge is 0.374 e. The largest absolute Gasteiger partial charge is 0.484 e. The first kappa shape index (κ1) is 17.8. The van der Waals surface area contributed by atoms with Crippen molar-refractivity contribution in [3.05, 3.63) is 35.3 Å². The van der Waals surface area contributed by atoms with Gasteiger partial charge >= 0.3 is 5.97 Å². The Kier molecular flexibility index (Phi) is 5.33. The molecule has 1 aromatic rings. The Balaban J connectivity index is 2.45. The molecule has 1 aromatic carbocycles. The molecule has 0 radical (unpaired) electrons. The number of esters is 1. The number of halogens is 1. The summed E-state index contributed by atoms with van der Waals surface area (Å²) in [6, 6.07) is 4.56. The molecular formula is C16H19FO5S. The lowest BCUT2D eigenvalue weighted by atomic mass is 9.91. The van der Waals surface area contributed by atoms with Crippen molar-refractivity contribution in [3.63, 3.8) is 0 Å². The van der Waals surface area contributed by atoms with E-state index < -0.39 is 17.4 Å². The average molecular weight is 342 g/mol. The fourth-order valence-electron chi connectivity index (χ4n) is 2.32. The first-order valence-corrected chi connectivity index (χ1v) is 7.82. The number of carbonyl (C=O) groups is 1. The molecule has 1 aliphatic heterocycles. The number of cyclic esters (lactones) is 1. The molecule has 0 unspecified atom stereocenters. The van der Waals surface area contributed by atoms with Crippen LogP contribution in [0.25, 0.3) is 5.57 Å². The van der Waals surface area contributed by atoms with Crippen LogP contribution in [0.3, 0.4) is 0 Å². The Morgan fingerprint density at radius 1 is 1.30 bits per heavy atom. The first-order valence-electron chi connectivity index (χ1n) is 7.08. The van der Waals surface area contributed by atoms with E-state index in [4.69, 9.17) is 9.47 Å². The van der Waals surface area contributed by atoms with Gasteiger partial charge in [-0.15, -0.1) is 0 Å². The quantitative estimate of drug-likeness (QED) is 0.338. The minimum absolute atomic E-state index is 0.123. The van der Waals surface area contributed by atoms with Crippen molar-refractivity contribution in [1.82, 2.24) is 0 Å². The van der Waals surface area contributed by atoms with Crippen LogP contribution in [-0.2, 0) is 23.5 Å². The minimum atomic E-state index is -0.897. The molecule has 7 heteroatoms. The predicted molar refractivity (Wildman–Crippen MR) is 83.7 cm³/mol. The van der Waals surface area contributed by atoms with E-state index in [9.17, 15) is 9.18 Å². The lowest BCUT2D eigenvalue weighted by molar-refractivity contribution is -0.160. The molecule has 0 bridgehead atoms. The van der Waals surface area contributed by atoms with Crippen LogP contribution < -0.4 is 0 Å². The summed E-state index contributed by atoms with van der Waals surface area (Å²) >= 11 is 0.767. The summed E-state index contributed by atoms with van der Waals surface area (Å²) < 4.78 is 29.8. The van der Waals surface area contributed by atoms with Gasteiger partial charge in [0.2, 0.25) is 5.76 Å². The van der Waals surface area contributed by atoms with Gasteiger partial charge in [-0.1, -0.05) is 6.07 Å². The Labute approximate surface area is 138 Å². The Hall–Kier alpha value is -1.57. The van der Waals surface area contributed by atoms with Crippen molar-refractivity contribution in [2.45, 2.75) is 44.3 Å². The van der Waals surface area contributed by atoms with Gasteiger partial charge in [0.25, 0.3) is 0 Å². The molecule has 0 N–H and O–H groups in total. The number of hydrogen-bond donors (Lipinski definition) is 0. The molecule has 2 rings (SSSR count). The number of ether oxygens (including phenoxy) is 2. The number of benzene rings is 1. The highest BCUT2D eigenvalue weighted by Crippen LogP contribution is 2.41. The number of rotatable bonds is 6. The van der Waals surface area contributed by atoms with Gasteiger partial charge in [0.05, 0.1) is 35.7 Å². The highest BCUT2D eigenvalue weighted by Gasteiger charge is 2.43. The normalized spacial score (nSPS) is 16.9. The predicted octanol–water partition coefficient (Wildman–Crippen LogP) is 3.88. The minimum Gasteiger partial charge on any atom is -0.484 e. The standard InChI is InChI=1S/C16H19FO5S/c1-9(2)20-14-13(16(3,4)21-15(14)18)10-6-7-12(11(17)8-10)23-22-19-5/h6-9H,1-5H3. The zero-order valence-electron chi connectivity index (χ0n) is 13.6. The molecular weight excluding hydrogens is 323 g/mol. The second kappa shape index (κ2) is 6.90. The molecule has 126 valence electrons. The third kappa shape index (κ3) is 3.85. The molecule has 0 aliphatic carbocycles. The summed E-state index contributed by atoms with van der Waals surface area (Å²) in [5.74, 6) is -0.908. The fraction of sp³-hybridized carbons (Fsp3) is 0.438.